The standard InChI is InChI=1S/C20H37N3O3/c1-5-6-7-11-23(19(24)26-20(2,3)4)12-8-16-25-17-15-22-13-9-18(21)10-14-22/h1,18H,6-17,21H2,2-4H3. The largest absolute Gasteiger partial charge is 0.444 e. The SMILES string of the molecule is C#CCCCN(CCCOCCN1CCC(N)CC1)C(=O)OC(C)(C)C. The zero-order valence-corrected chi connectivity index (χ0v) is 16.8. The van der Waals surface area contributed by atoms with Crippen LogP contribution in [0.1, 0.15) is 52.9 Å². The molecule has 6 nitrogen and oxygen atoms in total. The van der Waals surface area contributed by atoms with E-state index < -0.39 is 5.60 Å². The summed E-state index contributed by atoms with van der Waals surface area (Å²) < 4.78 is 11.2. The van der Waals surface area contributed by atoms with Gasteiger partial charge in [0.15, 0.2) is 0 Å². The molecule has 0 radical (unpaired) electrons. The number of nitrogens with two attached hydrogens (primary N) is 1. The molecule has 6 heteroatoms. The van der Waals surface area contributed by atoms with Crippen molar-refractivity contribution in [1.82, 2.24) is 9.80 Å². The van der Waals surface area contributed by atoms with Crippen LogP contribution in [0, 0.1) is 12.3 Å². The number of carbonyl (C=O) groups is 1. The minimum atomic E-state index is -0.491. The zero-order chi connectivity index (χ0) is 19.4. The summed E-state index contributed by atoms with van der Waals surface area (Å²) in [5.74, 6) is 2.61. The van der Waals surface area contributed by atoms with Gasteiger partial charge in [0.25, 0.3) is 0 Å². The Balaban J connectivity index is 2.21. The Morgan fingerprint density at radius 2 is 1.88 bits per heavy atom. The van der Waals surface area contributed by atoms with Crippen LogP contribution in [0.2, 0.25) is 0 Å². The normalized spacial score (nSPS) is 16.3. The molecule has 0 aliphatic carbocycles. The molecule has 0 aromatic carbocycles. The molecule has 1 aliphatic heterocycles. The van der Waals surface area contributed by atoms with Crippen LogP contribution in [0.25, 0.3) is 0 Å². The maximum atomic E-state index is 12.3. The van der Waals surface area contributed by atoms with E-state index in [1.165, 1.54) is 0 Å². The van der Waals surface area contributed by atoms with Crippen LogP contribution in [-0.4, -0.2) is 73.5 Å². The number of hydrogen-bond acceptors (Lipinski definition) is 5. The fourth-order valence-electron chi connectivity index (χ4n) is 2.82. The second-order valence-electron chi connectivity index (χ2n) is 7.92. The summed E-state index contributed by atoms with van der Waals surface area (Å²) in [6.07, 6.45) is 9.41. The van der Waals surface area contributed by atoms with Crippen molar-refractivity contribution in [3.05, 3.63) is 0 Å². The molecule has 0 saturated carbocycles. The molecule has 26 heavy (non-hydrogen) atoms. The van der Waals surface area contributed by atoms with Crippen LogP contribution < -0.4 is 5.73 Å². The highest BCUT2D eigenvalue weighted by Gasteiger charge is 2.21. The molecule has 1 saturated heterocycles. The van der Waals surface area contributed by atoms with Crippen molar-refractivity contribution < 1.29 is 14.3 Å². The summed E-state index contributed by atoms with van der Waals surface area (Å²) in [4.78, 5) is 16.4. The number of piperidine rings is 1. The van der Waals surface area contributed by atoms with Crippen LogP contribution in [0.4, 0.5) is 4.79 Å². The number of rotatable bonds is 10. The number of nitrogens with zero attached hydrogens (tertiary/aromatic N) is 2. The Kier molecular flexibility index (Phi) is 10.6. The van der Waals surface area contributed by atoms with E-state index in [2.05, 4.69) is 10.8 Å². The van der Waals surface area contributed by atoms with Crippen LogP contribution in [0.15, 0.2) is 0 Å². The quantitative estimate of drug-likeness (QED) is 0.474. The van der Waals surface area contributed by atoms with Gasteiger partial charge >= 0.3 is 6.09 Å². The molecule has 0 aromatic rings. The maximum Gasteiger partial charge on any atom is 0.410 e. The fourth-order valence-corrected chi connectivity index (χ4v) is 2.82. The number of hydrogen-bond donors (Lipinski definition) is 1. The fraction of sp³-hybridized carbons (Fsp3) is 0.850. The molecule has 1 heterocycles. The number of carbonyl (C=O) groups excluding carboxylic acids is 1. The van der Waals surface area contributed by atoms with Gasteiger partial charge in [-0.25, -0.2) is 4.79 Å². The van der Waals surface area contributed by atoms with Crippen molar-refractivity contribution in [3.63, 3.8) is 0 Å². The second-order valence-corrected chi connectivity index (χ2v) is 7.92. The zero-order valence-electron chi connectivity index (χ0n) is 16.8. The molecular weight excluding hydrogens is 330 g/mol. The van der Waals surface area contributed by atoms with Crippen LogP contribution in [0.3, 0.4) is 0 Å². The summed E-state index contributed by atoms with van der Waals surface area (Å²) in [6.45, 7) is 11.3. The van der Waals surface area contributed by atoms with E-state index in [1.54, 1.807) is 4.90 Å². The third-order valence-corrected chi connectivity index (χ3v) is 4.30. The molecule has 2 N–H and O–H groups in total. The van der Waals surface area contributed by atoms with E-state index in [1.807, 2.05) is 20.8 Å². The van der Waals surface area contributed by atoms with E-state index in [-0.39, 0.29) is 6.09 Å². The first-order valence-electron chi connectivity index (χ1n) is 9.79. The summed E-state index contributed by atoms with van der Waals surface area (Å²) in [5.41, 5.74) is 5.42. The van der Waals surface area contributed by atoms with Gasteiger partial charge in [0.2, 0.25) is 0 Å². The van der Waals surface area contributed by atoms with Crippen LogP contribution >= 0.6 is 0 Å². The number of ether oxygens (including phenoxy) is 2. The number of unbranched alkanes of at least 4 members (excludes halogenated alkanes) is 1. The number of amides is 1. The Hall–Kier alpha value is -1.29. The smallest absolute Gasteiger partial charge is 0.410 e. The van der Waals surface area contributed by atoms with Crippen molar-refractivity contribution in [2.24, 2.45) is 5.73 Å². The second kappa shape index (κ2) is 12.2. The van der Waals surface area contributed by atoms with E-state index in [0.29, 0.717) is 32.2 Å². The molecule has 1 fully saturated rings. The summed E-state index contributed by atoms with van der Waals surface area (Å²) in [5, 5.41) is 0. The lowest BCUT2D eigenvalue weighted by Crippen LogP contribution is -2.41. The van der Waals surface area contributed by atoms with Crippen molar-refractivity contribution in [2.45, 2.75) is 64.5 Å². The molecule has 0 aromatic heterocycles. The lowest BCUT2D eigenvalue weighted by molar-refractivity contribution is 0.0222. The Bertz CT molecular complexity index is 435. The molecule has 1 amide bonds. The highest BCUT2D eigenvalue weighted by Crippen LogP contribution is 2.11. The van der Waals surface area contributed by atoms with Crippen molar-refractivity contribution in [3.8, 4) is 12.3 Å². The van der Waals surface area contributed by atoms with Crippen molar-refractivity contribution >= 4 is 6.09 Å². The lowest BCUT2D eigenvalue weighted by atomic mass is 10.1. The maximum absolute atomic E-state index is 12.3. The van der Waals surface area contributed by atoms with Crippen molar-refractivity contribution in [2.75, 3.05) is 45.9 Å². The summed E-state index contributed by atoms with van der Waals surface area (Å²) in [6, 6.07) is 0.362. The van der Waals surface area contributed by atoms with E-state index in [9.17, 15) is 4.79 Å². The molecule has 0 spiro atoms. The summed E-state index contributed by atoms with van der Waals surface area (Å²) in [7, 11) is 0. The first kappa shape index (κ1) is 22.8. The molecular formula is C20H37N3O3. The molecule has 0 bridgehead atoms. The van der Waals surface area contributed by atoms with Gasteiger partial charge in [-0.1, -0.05) is 0 Å². The lowest BCUT2D eigenvalue weighted by Gasteiger charge is -2.30. The molecule has 1 rings (SSSR count). The number of likely N-dealkylation sites (tertiary alicyclic amines) is 1. The van der Waals surface area contributed by atoms with Gasteiger partial charge in [-0.2, -0.15) is 0 Å². The van der Waals surface area contributed by atoms with E-state index in [0.717, 1.165) is 51.9 Å². The van der Waals surface area contributed by atoms with Gasteiger partial charge in [-0.15, -0.1) is 12.3 Å². The van der Waals surface area contributed by atoms with Gasteiger partial charge in [-0.05, 0) is 59.5 Å². The average molecular weight is 368 g/mol. The minimum Gasteiger partial charge on any atom is -0.444 e. The monoisotopic (exact) mass is 367 g/mol. The predicted molar refractivity (Wildman–Crippen MR) is 105 cm³/mol. The topological polar surface area (TPSA) is 68.0 Å². The number of terminal acetylenes is 1. The molecule has 0 atom stereocenters. The first-order valence-corrected chi connectivity index (χ1v) is 9.79. The predicted octanol–water partition coefficient (Wildman–Crippen LogP) is 2.47. The molecule has 150 valence electrons. The first-order chi connectivity index (χ1) is 12.3. The highest BCUT2D eigenvalue weighted by atomic mass is 16.6. The Labute approximate surface area is 159 Å². The highest BCUT2D eigenvalue weighted by molar-refractivity contribution is 5.68. The van der Waals surface area contributed by atoms with Gasteiger partial charge in [-0.3, -0.25) is 0 Å². The van der Waals surface area contributed by atoms with Crippen LogP contribution in [0.5, 0.6) is 0 Å². The van der Waals surface area contributed by atoms with E-state index >= 15 is 0 Å². The third kappa shape index (κ3) is 10.6. The van der Waals surface area contributed by atoms with Gasteiger partial charge in [0, 0.05) is 38.7 Å². The average Bonchev–Trinajstić information content (AvgIpc) is 2.56. The van der Waals surface area contributed by atoms with Gasteiger partial charge < -0.3 is 25.0 Å². The third-order valence-electron chi connectivity index (χ3n) is 4.30. The van der Waals surface area contributed by atoms with Crippen LogP contribution in [-0.2, 0) is 9.47 Å². The van der Waals surface area contributed by atoms with E-state index in [4.69, 9.17) is 21.6 Å². The minimum absolute atomic E-state index is 0.279. The van der Waals surface area contributed by atoms with Gasteiger partial charge in [0.1, 0.15) is 5.60 Å². The Morgan fingerprint density at radius 1 is 1.23 bits per heavy atom. The Morgan fingerprint density at radius 3 is 2.50 bits per heavy atom. The summed E-state index contributed by atoms with van der Waals surface area (Å²) >= 11 is 0. The van der Waals surface area contributed by atoms with Gasteiger partial charge in [0.05, 0.1) is 6.61 Å². The van der Waals surface area contributed by atoms with Crippen molar-refractivity contribution in [1.29, 1.82) is 0 Å². The molecule has 1 aliphatic rings. The molecule has 0 unspecified atom stereocenters.